The third kappa shape index (κ3) is 3.08. The van der Waals surface area contributed by atoms with E-state index in [2.05, 4.69) is 0 Å². The standard InChI is InChI=1S/C18H12F2O5/c1-9-14(21)6-5-11-10(7-15(22)25-17(9)11)8-24-18(23)16-12(19)3-2-4-13(16)20/h2-7,21H,8H2,1H3. The number of halogens is 2. The zero-order valence-corrected chi connectivity index (χ0v) is 13.0. The molecule has 5 nitrogen and oxygen atoms in total. The van der Waals surface area contributed by atoms with Gasteiger partial charge < -0.3 is 14.3 Å². The quantitative estimate of drug-likeness (QED) is 0.581. The van der Waals surface area contributed by atoms with Crippen LogP contribution in [-0.2, 0) is 11.3 Å². The highest BCUT2D eigenvalue weighted by Crippen LogP contribution is 2.27. The van der Waals surface area contributed by atoms with E-state index in [0.29, 0.717) is 16.5 Å². The second kappa shape index (κ2) is 6.35. The van der Waals surface area contributed by atoms with Crippen molar-refractivity contribution in [2.45, 2.75) is 13.5 Å². The molecule has 7 heteroatoms. The highest BCUT2D eigenvalue weighted by atomic mass is 19.1. The number of phenols is 1. The highest BCUT2D eigenvalue weighted by molar-refractivity contribution is 5.90. The van der Waals surface area contributed by atoms with Gasteiger partial charge in [-0.1, -0.05) is 6.07 Å². The van der Waals surface area contributed by atoms with E-state index in [-0.39, 0.29) is 17.9 Å². The molecule has 0 aliphatic heterocycles. The van der Waals surface area contributed by atoms with Gasteiger partial charge in [0.2, 0.25) is 0 Å². The van der Waals surface area contributed by atoms with Gasteiger partial charge in [0.1, 0.15) is 35.1 Å². The summed E-state index contributed by atoms with van der Waals surface area (Å²) in [6, 6.07) is 7.03. The van der Waals surface area contributed by atoms with Crippen molar-refractivity contribution in [2.75, 3.05) is 0 Å². The number of phenolic OH excluding ortho intramolecular Hbond substituents is 1. The van der Waals surface area contributed by atoms with Gasteiger partial charge in [0, 0.05) is 22.6 Å². The predicted octanol–water partition coefficient (Wildman–Crippen LogP) is 3.44. The molecule has 0 saturated carbocycles. The van der Waals surface area contributed by atoms with Crippen LogP contribution in [0.3, 0.4) is 0 Å². The Hall–Kier alpha value is -3.22. The first kappa shape index (κ1) is 16.6. The van der Waals surface area contributed by atoms with Crippen molar-refractivity contribution in [3.63, 3.8) is 0 Å². The Kier molecular flexibility index (Phi) is 4.22. The molecule has 0 unspecified atom stereocenters. The number of esters is 1. The zero-order valence-electron chi connectivity index (χ0n) is 13.0. The molecule has 0 atom stereocenters. The summed E-state index contributed by atoms with van der Waals surface area (Å²) < 4.78 is 37.2. The average Bonchev–Trinajstić information content (AvgIpc) is 2.56. The molecule has 0 fully saturated rings. The molecule has 3 aromatic rings. The van der Waals surface area contributed by atoms with Gasteiger partial charge >= 0.3 is 11.6 Å². The van der Waals surface area contributed by atoms with E-state index in [1.54, 1.807) is 6.92 Å². The Morgan fingerprint density at radius 2 is 1.88 bits per heavy atom. The minimum Gasteiger partial charge on any atom is -0.508 e. The smallest absolute Gasteiger partial charge is 0.344 e. The van der Waals surface area contributed by atoms with Gasteiger partial charge in [-0.3, -0.25) is 0 Å². The molecule has 0 spiro atoms. The number of aromatic hydroxyl groups is 1. The normalized spacial score (nSPS) is 10.8. The van der Waals surface area contributed by atoms with E-state index in [0.717, 1.165) is 24.3 Å². The Morgan fingerprint density at radius 3 is 2.56 bits per heavy atom. The van der Waals surface area contributed by atoms with Crippen LogP contribution >= 0.6 is 0 Å². The number of rotatable bonds is 3. The second-order valence-electron chi connectivity index (χ2n) is 5.35. The molecule has 0 aliphatic rings. The molecule has 128 valence electrons. The molecule has 1 heterocycles. The fraction of sp³-hybridized carbons (Fsp3) is 0.111. The summed E-state index contributed by atoms with van der Waals surface area (Å²) in [5.41, 5.74) is -0.717. The molecule has 0 radical (unpaired) electrons. The van der Waals surface area contributed by atoms with Crippen LogP contribution in [0.2, 0.25) is 0 Å². The molecular formula is C18H12F2O5. The Labute approximate surface area is 140 Å². The molecule has 25 heavy (non-hydrogen) atoms. The highest BCUT2D eigenvalue weighted by Gasteiger charge is 2.19. The van der Waals surface area contributed by atoms with Gasteiger partial charge in [-0.05, 0) is 31.2 Å². The van der Waals surface area contributed by atoms with Crippen LogP contribution < -0.4 is 5.63 Å². The molecule has 0 amide bonds. The summed E-state index contributed by atoms with van der Waals surface area (Å²) >= 11 is 0. The van der Waals surface area contributed by atoms with Gasteiger partial charge in [0.05, 0.1) is 0 Å². The van der Waals surface area contributed by atoms with Crippen molar-refractivity contribution in [2.24, 2.45) is 0 Å². The first-order chi connectivity index (χ1) is 11.9. The van der Waals surface area contributed by atoms with Crippen molar-refractivity contribution < 1.29 is 27.8 Å². The van der Waals surface area contributed by atoms with Crippen LogP contribution in [0, 0.1) is 18.6 Å². The summed E-state index contributed by atoms with van der Waals surface area (Å²) in [5, 5.41) is 10.1. The van der Waals surface area contributed by atoms with Crippen LogP contribution in [0.15, 0.2) is 45.6 Å². The maximum Gasteiger partial charge on any atom is 0.344 e. The largest absolute Gasteiger partial charge is 0.508 e. The van der Waals surface area contributed by atoms with Gasteiger partial charge in [0.15, 0.2) is 0 Å². The number of ether oxygens (including phenoxy) is 1. The van der Waals surface area contributed by atoms with Gasteiger partial charge in [-0.25, -0.2) is 18.4 Å². The zero-order chi connectivity index (χ0) is 18.1. The van der Waals surface area contributed by atoms with Crippen molar-refractivity contribution in [1.82, 2.24) is 0 Å². The Morgan fingerprint density at radius 1 is 1.20 bits per heavy atom. The first-order valence-corrected chi connectivity index (χ1v) is 7.25. The average molecular weight is 346 g/mol. The van der Waals surface area contributed by atoms with Crippen LogP contribution in [-0.4, -0.2) is 11.1 Å². The first-order valence-electron chi connectivity index (χ1n) is 7.25. The van der Waals surface area contributed by atoms with Crippen LogP contribution in [0.25, 0.3) is 11.0 Å². The number of carbonyl (C=O) groups is 1. The molecular weight excluding hydrogens is 334 g/mol. The van der Waals surface area contributed by atoms with Gasteiger partial charge in [-0.15, -0.1) is 0 Å². The van der Waals surface area contributed by atoms with E-state index in [4.69, 9.17) is 9.15 Å². The molecule has 1 N–H and O–H groups in total. The molecule has 0 bridgehead atoms. The van der Waals surface area contributed by atoms with Crippen molar-refractivity contribution in [1.29, 1.82) is 0 Å². The molecule has 0 saturated heterocycles. The molecule has 2 aromatic carbocycles. The van der Waals surface area contributed by atoms with E-state index in [1.807, 2.05) is 0 Å². The lowest BCUT2D eigenvalue weighted by atomic mass is 10.1. The van der Waals surface area contributed by atoms with Crippen LogP contribution in [0.4, 0.5) is 8.78 Å². The Balaban J connectivity index is 1.95. The second-order valence-corrected chi connectivity index (χ2v) is 5.35. The number of benzene rings is 2. The summed E-state index contributed by atoms with van der Waals surface area (Å²) in [4.78, 5) is 23.6. The number of carbonyl (C=O) groups excluding carboxylic acids is 1. The number of hydrogen-bond acceptors (Lipinski definition) is 5. The van der Waals surface area contributed by atoms with Crippen molar-refractivity contribution >= 4 is 16.9 Å². The summed E-state index contributed by atoms with van der Waals surface area (Å²) in [6.45, 7) is 1.17. The maximum atomic E-state index is 13.6. The fourth-order valence-corrected chi connectivity index (χ4v) is 2.44. The minimum atomic E-state index is -1.19. The fourth-order valence-electron chi connectivity index (χ4n) is 2.44. The Bertz CT molecular complexity index is 1020. The van der Waals surface area contributed by atoms with Crippen LogP contribution in [0.5, 0.6) is 5.75 Å². The monoisotopic (exact) mass is 346 g/mol. The SMILES string of the molecule is Cc1c(O)ccc2c(COC(=O)c3c(F)cccc3F)cc(=O)oc12. The third-order valence-electron chi connectivity index (χ3n) is 3.74. The minimum absolute atomic E-state index is 0.0572. The summed E-state index contributed by atoms with van der Waals surface area (Å²) in [6.07, 6.45) is 0. The summed E-state index contributed by atoms with van der Waals surface area (Å²) in [7, 11) is 0. The van der Waals surface area contributed by atoms with E-state index < -0.39 is 28.8 Å². The maximum absolute atomic E-state index is 13.6. The van der Waals surface area contributed by atoms with Crippen molar-refractivity contribution in [3.8, 4) is 5.75 Å². The topological polar surface area (TPSA) is 76.7 Å². The van der Waals surface area contributed by atoms with E-state index in [1.165, 1.54) is 12.1 Å². The lowest BCUT2D eigenvalue weighted by molar-refractivity contribution is 0.0462. The predicted molar refractivity (Wildman–Crippen MR) is 84.4 cm³/mol. The number of hydrogen-bond donors (Lipinski definition) is 1. The van der Waals surface area contributed by atoms with E-state index in [9.17, 15) is 23.5 Å². The number of aryl methyl sites for hydroxylation is 1. The number of fused-ring (bicyclic) bond motifs is 1. The van der Waals surface area contributed by atoms with Crippen LogP contribution in [0.1, 0.15) is 21.5 Å². The third-order valence-corrected chi connectivity index (χ3v) is 3.74. The van der Waals surface area contributed by atoms with Crippen molar-refractivity contribution in [3.05, 3.63) is 75.1 Å². The molecule has 3 rings (SSSR count). The summed E-state index contributed by atoms with van der Waals surface area (Å²) in [5.74, 6) is -3.32. The molecule has 1 aromatic heterocycles. The van der Waals surface area contributed by atoms with E-state index >= 15 is 0 Å². The van der Waals surface area contributed by atoms with Gasteiger partial charge in [0.25, 0.3) is 0 Å². The molecule has 0 aliphatic carbocycles. The lowest BCUT2D eigenvalue weighted by Gasteiger charge is -2.10. The lowest BCUT2D eigenvalue weighted by Crippen LogP contribution is -2.11. The van der Waals surface area contributed by atoms with Gasteiger partial charge in [-0.2, -0.15) is 0 Å².